The number of benzene rings is 2. The molecule has 8 nitrogen and oxygen atoms in total. The molecule has 2 aliphatic rings. The number of halogens is 1. The van der Waals surface area contributed by atoms with Crippen molar-refractivity contribution in [1.29, 1.82) is 0 Å². The van der Waals surface area contributed by atoms with Gasteiger partial charge in [0.05, 0.1) is 28.4 Å². The molecular formula is C26H27ClN4O4. The summed E-state index contributed by atoms with van der Waals surface area (Å²) in [6.07, 6.45) is 3.14. The predicted octanol–water partition coefficient (Wildman–Crippen LogP) is 4.14. The molecule has 2 fully saturated rings. The van der Waals surface area contributed by atoms with Crippen molar-refractivity contribution in [3.05, 3.63) is 70.1 Å². The molecule has 0 saturated carbocycles. The summed E-state index contributed by atoms with van der Waals surface area (Å²) < 4.78 is 16.2. The van der Waals surface area contributed by atoms with E-state index in [1.165, 1.54) is 0 Å². The topological polar surface area (TPSA) is 115 Å². The van der Waals surface area contributed by atoms with Gasteiger partial charge in [0, 0.05) is 25.3 Å². The molecule has 2 aliphatic heterocycles. The van der Waals surface area contributed by atoms with Crippen molar-refractivity contribution < 1.29 is 14.2 Å². The molecule has 0 radical (unpaired) electrons. The van der Waals surface area contributed by atoms with Crippen LogP contribution in [0.3, 0.4) is 0 Å². The zero-order valence-electron chi connectivity index (χ0n) is 19.1. The second-order valence-electron chi connectivity index (χ2n) is 8.43. The van der Waals surface area contributed by atoms with Gasteiger partial charge in [-0.1, -0.05) is 48.0 Å². The molecule has 2 atom stereocenters. The predicted molar refractivity (Wildman–Crippen MR) is 136 cm³/mol. The Kier molecular flexibility index (Phi) is 7.15. The highest BCUT2D eigenvalue weighted by molar-refractivity contribution is 6.33. The first kappa shape index (κ1) is 23.6. The summed E-state index contributed by atoms with van der Waals surface area (Å²) in [5, 5.41) is 0.479. The number of ether oxygens (including phenoxy) is 3. The van der Waals surface area contributed by atoms with Gasteiger partial charge < -0.3 is 24.9 Å². The number of H-pyrrole nitrogens is 2. The number of imidazole rings is 1. The first-order chi connectivity index (χ1) is 17.1. The van der Waals surface area contributed by atoms with Crippen LogP contribution in [0.1, 0.15) is 12.8 Å². The Balaban J connectivity index is 0.000000265. The van der Waals surface area contributed by atoms with Crippen molar-refractivity contribution in [2.45, 2.75) is 25.0 Å². The third-order valence-electron chi connectivity index (χ3n) is 6.07. The zero-order valence-corrected chi connectivity index (χ0v) is 19.9. The lowest BCUT2D eigenvalue weighted by Gasteiger charge is -2.08. The summed E-state index contributed by atoms with van der Waals surface area (Å²) in [5.41, 5.74) is 9.84. The van der Waals surface area contributed by atoms with E-state index in [-0.39, 0.29) is 5.69 Å². The third kappa shape index (κ3) is 5.41. The minimum Gasteiger partial charge on any atom is -0.492 e. The lowest BCUT2D eigenvalue weighted by molar-refractivity contribution is 0.0732. The van der Waals surface area contributed by atoms with E-state index in [2.05, 4.69) is 15.0 Å². The number of pyridine rings is 1. The van der Waals surface area contributed by atoms with E-state index in [9.17, 15) is 4.79 Å². The van der Waals surface area contributed by atoms with Gasteiger partial charge in [-0.05, 0) is 42.2 Å². The van der Waals surface area contributed by atoms with E-state index in [1.807, 2.05) is 48.5 Å². The van der Waals surface area contributed by atoms with E-state index in [0.29, 0.717) is 47.2 Å². The lowest BCUT2D eigenvalue weighted by Crippen LogP contribution is -2.13. The van der Waals surface area contributed by atoms with Crippen LogP contribution in [-0.2, 0) is 9.47 Å². The number of aromatic nitrogens is 3. The molecule has 182 valence electrons. The van der Waals surface area contributed by atoms with Crippen LogP contribution in [0.2, 0.25) is 5.02 Å². The molecule has 4 N–H and O–H groups in total. The summed E-state index contributed by atoms with van der Waals surface area (Å²) in [4.78, 5) is 21.2. The van der Waals surface area contributed by atoms with Crippen molar-refractivity contribution in [1.82, 2.24) is 15.0 Å². The molecule has 35 heavy (non-hydrogen) atoms. The number of nitrogens with zero attached hydrogens (tertiary/aromatic N) is 1. The Bertz CT molecular complexity index is 1310. The number of aromatic amines is 2. The molecule has 2 aromatic carbocycles. The molecule has 4 aromatic rings. The second-order valence-corrected chi connectivity index (χ2v) is 8.84. The maximum atomic E-state index is 11.4. The van der Waals surface area contributed by atoms with Crippen LogP contribution in [-0.4, -0.2) is 53.5 Å². The smallest absolute Gasteiger partial charge is 0.325 e. The summed E-state index contributed by atoms with van der Waals surface area (Å²) in [6, 6.07) is 17.5. The van der Waals surface area contributed by atoms with Crippen LogP contribution in [0.15, 0.2) is 59.4 Å². The van der Waals surface area contributed by atoms with Gasteiger partial charge >= 0.3 is 5.69 Å². The minimum atomic E-state index is -0.306. The van der Waals surface area contributed by atoms with Crippen LogP contribution in [0.5, 0.6) is 5.75 Å². The monoisotopic (exact) mass is 494 g/mol. The molecule has 2 saturated heterocycles. The minimum absolute atomic E-state index is 0.306. The van der Waals surface area contributed by atoms with Gasteiger partial charge in [-0.3, -0.25) is 4.98 Å². The van der Waals surface area contributed by atoms with E-state index in [0.717, 1.165) is 48.5 Å². The molecule has 0 spiro atoms. The first-order valence-corrected chi connectivity index (χ1v) is 12.0. The number of hydrogen-bond donors (Lipinski definition) is 3. The van der Waals surface area contributed by atoms with Crippen molar-refractivity contribution in [3.63, 3.8) is 0 Å². The molecule has 6 rings (SSSR count). The SMILES string of the molecule is C1CC2OCCC2O1.NCCOc1ccc(-c2ccc(-c3nc4[nH]c(=O)[nH]c4cc3Cl)cc2)cc1. The highest BCUT2D eigenvalue weighted by Crippen LogP contribution is 2.30. The maximum Gasteiger partial charge on any atom is 0.325 e. The van der Waals surface area contributed by atoms with E-state index >= 15 is 0 Å². The standard InChI is InChI=1S/C20H17ClN4O2.C6H10O2/c21-16-11-17-19(25-20(26)23-17)24-18(16)14-3-1-12(2-4-14)13-5-7-15(8-6-13)27-10-9-22;1-3-7-6-2-4-8-5(1)6/h1-8,11H,9-10,22H2,(H2,23,24,25,26);5-6H,1-4H2. The summed E-state index contributed by atoms with van der Waals surface area (Å²) in [6.45, 7) is 2.81. The summed E-state index contributed by atoms with van der Waals surface area (Å²) in [5.74, 6) is 0.797. The number of nitrogens with two attached hydrogens (primary N) is 1. The Labute approximate surface area is 207 Å². The van der Waals surface area contributed by atoms with Gasteiger partial charge in [-0.2, -0.15) is 0 Å². The Morgan fingerprint density at radius 1 is 0.943 bits per heavy atom. The Hall–Kier alpha value is -3.17. The van der Waals surface area contributed by atoms with E-state index in [1.54, 1.807) is 6.07 Å². The average molecular weight is 495 g/mol. The number of rotatable bonds is 5. The molecule has 9 heteroatoms. The fraction of sp³-hybridized carbons (Fsp3) is 0.308. The Morgan fingerprint density at radius 3 is 2.17 bits per heavy atom. The number of fused-ring (bicyclic) bond motifs is 2. The van der Waals surface area contributed by atoms with E-state index in [4.69, 9.17) is 31.5 Å². The normalized spacial score (nSPS) is 18.8. The van der Waals surface area contributed by atoms with Crippen LogP contribution >= 0.6 is 11.6 Å². The van der Waals surface area contributed by atoms with Gasteiger partial charge in [-0.15, -0.1) is 0 Å². The zero-order chi connectivity index (χ0) is 24.2. The third-order valence-corrected chi connectivity index (χ3v) is 6.36. The van der Waals surface area contributed by atoms with Crippen LogP contribution in [0, 0.1) is 0 Å². The Morgan fingerprint density at radius 2 is 1.54 bits per heavy atom. The van der Waals surface area contributed by atoms with Crippen molar-refractivity contribution in [2.75, 3.05) is 26.4 Å². The van der Waals surface area contributed by atoms with Gasteiger partial charge in [0.1, 0.15) is 12.4 Å². The van der Waals surface area contributed by atoms with Crippen LogP contribution in [0.4, 0.5) is 0 Å². The van der Waals surface area contributed by atoms with Crippen molar-refractivity contribution >= 4 is 22.8 Å². The largest absolute Gasteiger partial charge is 0.492 e. The molecule has 0 bridgehead atoms. The average Bonchev–Trinajstić information content (AvgIpc) is 3.59. The van der Waals surface area contributed by atoms with Crippen LogP contribution < -0.4 is 16.2 Å². The van der Waals surface area contributed by atoms with Gasteiger partial charge in [0.15, 0.2) is 5.65 Å². The van der Waals surface area contributed by atoms with Gasteiger partial charge in [0.2, 0.25) is 0 Å². The quantitative estimate of drug-likeness (QED) is 0.384. The van der Waals surface area contributed by atoms with Gasteiger partial charge in [-0.25, -0.2) is 9.78 Å². The molecule has 2 aromatic heterocycles. The number of hydrogen-bond acceptors (Lipinski definition) is 6. The highest BCUT2D eigenvalue weighted by Gasteiger charge is 2.33. The molecule has 4 heterocycles. The highest BCUT2D eigenvalue weighted by atomic mass is 35.5. The maximum absolute atomic E-state index is 11.4. The van der Waals surface area contributed by atoms with Crippen molar-refractivity contribution in [3.8, 4) is 28.1 Å². The van der Waals surface area contributed by atoms with Gasteiger partial charge in [0.25, 0.3) is 0 Å². The van der Waals surface area contributed by atoms with E-state index < -0.39 is 0 Å². The molecule has 0 amide bonds. The lowest BCUT2D eigenvalue weighted by atomic mass is 10.0. The second kappa shape index (κ2) is 10.6. The molecule has 0 aliphatic carbocycles. The fourth-order valence-electron chi connectivity index (χ4n) is 4.31. The molecular weight excluding hydrogens is 468 g/mol. The number of nitrogens with one attached hydrogen (secondary N) is 2. The fourth-order valence-corrected chi connectivity index (χ4v) is 4.57. The van der Waals surface area contributed by atoms with Crippen LogP contribution in [0.25, 0.3) is 33.5 Å². The summed E-state index contributed by atoms with van der Waals surface area (Å²) in [7, 11) is 0. The summed E-state index contributed by atoms with van der Waals surface area (Å²) >= 11 is 6.34. The van der Waals surface area contributed by atoms with Crippen molar-refractivity contribution in [2.24, 2.45) is 5.73 Å². The first-order valence-electron chi connectivity index (χ1n) is 11.7. The molecule has 2 unspecified atom stereocenters.